The summed E-state index contributed by atoms with van der Waals surface area (Å²) in [4.78, 5) is 28.0. The molecule has 7 heteroatoms. The van der Waals surface area contributed by atoms with Gasteiger partial charge in [-0.05, 0) is 42.2 Å². The van der Waals surface area contributed by atoms with Crippen molar-refractivity contribution in [3.8, 4) is 0 Å². The monoisotopic (exact) mass is 352 g/mol. The number of nitrogens with zero attached hydrogens (tertiary/aromatic N) is 2. The smallest absolute Gasteiger partial charge is 0.317 e. The summed E-state index contributed by atoms with van der Waals surface area (Å²) in [6, 6.07) is 2.20. The lowest BCUT2D eigenvalue weighted by Crippen LogP contribution is -2.54. The molecule has 0 radical (unpaired) electrons. The second-order valence-corrected chi connectivity index (χ2v) is 7.08. The maximum Gasteiger partial charge on any atom is 0.317 e. The van der Waals surface area contributed by atoms with Crippen molar-refractivity contribution in [1.82, 2.24) is 20.4 Å². The van der Waals surface area contributed by atoms with Gasteiger partial charge in [-0.1, -0.05) is 6.92 Å². The third kappa shape index (κ3) is 6.13. The van der Waals surface area contributed by atoms with Crippen molar-refractivity contribution in [2.24, 2.45) is 0 Å². The predicted octanol–water partition coefficient (Wildman–Crippen LogP) is 1.53. The Kier molecular flexibility index (Phi) is 7.52. The Morgan fingerprint density at radius 3 is 2.67 bits per heavy atom. The first-order valence-electron chi connectivity index (χ1n) is 8.64. The van der Waals surface area contributed by atoms with E-state index < -0.39 is 0 Å². The fourth-order valence-electron chi connectivity index (χ4n) is 2.75. The van der Waals surface area contributed by atoms with Crippen LogP contribution in [0.5, 0.6) is 0 Å². The molecule has 24 heavy (non-hydrogen) atoms. The van der Waals surface area contributed by atoms with Crippen LogP contribution in [0.25, 0.3) is 0 Å². The summed E-state index contributed by atoms with van der Waals surface area (Å²) in [5.41, 5.74) is 1.26. The Balaban J connectivity index is 1.67. The third-order valence-electron chi connectivity index (χ3n) is 4.09. The normalized spacial score (nSPS) is 16.7. The van der Waals surface area contributed by atoms with Crippen molar-refractivity contribution in [3.05, 3.63) is 22.4 Å². The van der Waals surface area contributed by atoms with Crippen LogP contribution in [-0.2, 0) is 11.2 Å². The summed E-state index contributed by atoms with van der Waals surface area (Å²) in [5, 5.41) is 10.1. The van der Waals surface area contributed by atoms with Gasteiger partial charge < -0.3 is 15.5 Å². The zero-order valence-electron chi connectivity index (χ0n) is 14.6. The van der Waals surface area contributed by atoms with Gasteiger partial charge in [0.15, 0.2) is 0 Å². The van der Waals surface area contributed by atoms with Gasteiger partial charge in [-0.25, -0.2) is 4.79 Å². The Hall–Kier alpha value is -1.60. The Labute approximate surface area is 148 Å². The van der Waals surface area contributed by atoms with E-state index in [0.29, 0.717) is 19.6 Å². The SMILES string of the molecule is CCCNC(=O)CN1CCN(C(=O)NC(C)Cc2ccsc2)CC1. The molecule has 134 valence electrons. The Morgan fingerprint density at radius 1 is 1.29 bits per heavy atom. The van der Waals surface area contributed by atoms with Gasteiger partial charge in [-0.3, -0.25) is 9.69 Å². The van der Waals surface area contributed by atoms with E-state index in [9.17, 15) is 9.59 Å². The highest BCUT2D eigenvalue weighted by Gasteiger charge is 2.23. The molecule has 1 aromatic heterocycles. The summed E-state index contributed by atoms with van der Waals surface area (Å²) in [5.74, 6) is 0.0686. The van der Waals surface area contributed by atoms with Crippen LogP contribution in [0.1, 0.15) is 25.8 Å². The molecule has 1 aliphatic heterocycles. The molecule has 1 aliphatic rings. The molecule has 0 aromatic carbocycles. The average molecular weight is 353 g/mol. The topological polar surface area (TPSA) is 64.7 Å². The standard InChI is InChI=1S/C17H28N4O2S/c1-3-5-18-16(22)12-20-6-8-21(9-7-20)17(23)19-14(2)11-15-4-10-24-13-15/h4,10,13-14H,3,5-9,11-12H2,1-2H3,(H,18,22)(H,19,23). The van der Waals surface area contributed by atoms with Gasteiger partial charge in [-0.2, -0.15) is 11.3 Å². The van der Waals surface area contributed by atoms with Crippen LogP contribution in [0, 0.1) is 0 Å². The minimum Gasteiger partial charge on any atom is -0.355 e. The molecule has 1 unspecified atom stereocenters. The largest absolute Gasteiger partial charge is 0.355 e. The summed E-state index contributed by atoms with van der Waals surface area (Å²) in [6.07, 6.45) is 1.80. The summed E-state index contributed by atoms with van der Waals surface area (Å²) in [7, 11) is 0. The molecule has 3 amide bonds. The molecule has 2 heterocycles. The van der Waals surface area contributed by atoms with Gasteiger partial charge in [0.2, 0.25) is 5.91 Å². The first-order valence-corrected chi connectivity index (χ1v) is 9.58. The number of nitrogens with one attached hydrogen (secondary N) is 2. The molecular formula is C17H28N4O2S. The van der Waals surface area contributed by atoms with E-state index in [2.05, 4.69) is 32.4 Å². The van der Waals surface area contributed by atoms with Crippen molar-refractivity contribution < 1.29 is 9.59 Å². The molecule has 0 spiro atoms. The summed E-state index contributed by atoms with van der Waals surface area (Å²) >= 11 is 1.68. The number of hydrogen-bond acceptors (Lipinski definition) is 4. The molecule has 0 aliphatic carbocycles. The van der Waals surface area contributed by atoms with Gasteiger partial charge in [0.25, 0.3) is 0 Å². The summed E-state index contributed by atoms with van der Waals surface area (Å²) in [6.45, 7) is 8.03. The average Bonchev–Trinajstić information content (AvgIpc) is 3.06. The number of carbonyl (C=O) groups excluding carboxylic acids is 2. The molecule has 2 N–H and O–H groups in total. The first kappa shape index (κ1) is 18.7. The number of urea groups is 1. The lowest BCUT2D eigenvalue weighted by Gasteiger charge is -2.34. The van der Waals surface area contributed by atoms with Crippen LogP contribution >= 0.6 is 11.3 Å². The number of amides is 3. The zero-order valence-corrected chi connectivity index (χ0v) is 15.4. The zero-order chi connectivity index (χ0) is 17.4. The molecule has 0 saturated carbocycles. The maximum atomic E-state index is 12.3. The van der Waals surface area contributed by atoms with E-state index in [1.807, 2.05) is 18.7 Å². The Morgan fingerprint density at radius 2 is 2.04 bits per heavy atom. The van der Waals surface area contributed by atoms with Crippen molar-refractivity contribution in [2.75, 3.05) is 39.3 Å². The highest BCUT2D eigenvalue weighted by atomic mass is 32.1. The van der Waals surface area contributed by atoms with E-state index in [-0.39, 0.29) is 18.0 Å². The molecule has 6 nitrogen and oxygen atoms in total. The van der Waals surface area contributed by atoms with Crippen molar-refractivity contribution in [3.63, 3.8) is 0 Å². The fraction of sp³-hybridized carbons (Fsp3) is 0.647. The molecule has 2 rings (SSSR count). The number of rotatable bonds is 7. The second kappa shape index (κ2) is 9.64. The third-order valence-corrected chi connectivity index (χ3v) is 4.82. The molecular weight excluding hydrogens is 324 g/mol. The highest BCUT2D eigenvalue weighted by Crippen LogP contribution is 2.09. The molecule has 1 aromatic rings. The fourth-order valence-corrected chi connectivity index (χ4v) is 3.43. The van der Waals surface area contributed by atoms with E-state index in [4.69, 9.17) is 0 Å². The minimum atomic E-state index is -0.00665. The van der Waals surface area contributed by atoms with Gasteiger partial charge >= 0.3 is 6.03 Å². The molecule has 1 fully saturated rings. The lowest BCUT2D eigenvalue weighted by atomic mass is 10.1. The second-order valence-electron chi connectivity index (χ2n) is 6.30. The van der Waals surface area contributed by atoms with Crippen LogP contribution in [-0.4, -0.2) is 67.0 Å². The number of thiophene rings is 1. The lowest BCUT2D eigenvalue weighted by molar-refractivity contribution is -0.122. The molecule has 1 atom stereocenters. The van der Waals surface area contributed by atoms with Crippen LogP contribution in [0.2, 0.25) is 0 Å². The van der Waals surface area contributed by atoms with Gasteiger partial charge in [-0.15, -0.1) is 0 Å². The maximum absolute atomic E-state index is 12.3. The predicted molar refractivity (Wildman–Crippen MR) is 97.3 cm³/mol. The van der Waals surface area contributed by atoms with Crippen LogP contribution in [0.15, 0.2) is 16.8 Å². The van der Waals surface area contributed by atoms with Gasteiger partial charge in [0.05, 0.1) is 6.54 Å². The Bertz CT molecular complexity index is 513. The number of piperazine rings is 1. The van der Waals surface area contributed by atoms with Gasteiger partial charge in [0, 0.05) is 38.8 Å². The van der Waals surface area contributed by atoms with E-state index in [1.54, 1.807) is 11.3 Å². The van der Waals surface area contributed by atoms with Crippen molar-refractivity contribution in [2.45, 2.75) is 32.7 Å². The van der Waals surface area contributed by atoms with Gasteiger partial charge in [0.1, 0.15) is 0 Å². The quantitative estimate of drug-likeness (QED) is 0.782. The number of hydrogen-bond donors (Lipinski definition) is 2. The van der Waals surface area contributed by atoms with Crippen LogP contribution in [0.4, 0.5) is 4.79 Å². The van der Waals surface area contributed by atoms with Crippen molar-refractivity contribution >= 4 is 23.3 Å². The highest BCUT2D eigenvalue weighted by molar-refractivity contribution is 7.07. The molecule has 0 bridgehead atoms. The van der Waals surface area contributed by atoms with Crippen molar-refractivity contribution in [1.29, 1.82) is 0 Å². The van der Waals surface area contributed by atoms with Crippen LogP contribution < -0.4 is 10.6 Å². The van der Waals surface area contributed by atoms with Crippen LogP contribution in [0.3, 0.4) is 0 Å². The van der Waals surface area contributed by atoms with E-state index in [0.717, 1.165) is 32.5 Å². The number of carbonyl (C=O) groups is 2. The van der Waals surface area contributed by atoms with E-state index >= 15 is 0 Å². The van der Waals surface area contributed by atoms with E-state index in [1.165, 1.54) is 5.56 Å². The summed E-state index contributed by atoms with van der Waals surface area (Å²) < 4.78 is 0. The minimum absolute atomic E-state index is 0.00665. The molecule has 1 saturated heterocycles. The first-order chi connectivity index (χ1) is 11.6.